The van der Waals surface area contributed by atoms with Crippen LogP contribution >= 0.6 is 0 Å². The second-order valence-electron chi connectivity index (χ2n) is 5.64. The molecule has 0 spiro atoms. The molecule has 2 atom stereocenters. The van der Waals surface area contributed by atoms with E-state index in [1.54, 1.807) is 25.1 Å². The first-order chi connectivity index (χ1) is 9.72. The van der Waals surface area contributed by atoms with Crippen LogP contribution in [0.25, 0.3) is 0 Å². The highest BCUT2D eigenvalue weighted by molar-refractivity contribution is 5.43. The van der Waals surface area contributed by atoms with Crippen LogP contribution in [0.5, 0.6) is 11.5 Å². The maximum Gasteiger partial charge on any atom is 0.389 e. The topological polar surface area (TPSA) is 38.7 Å². The standard InChI is InChI=1S/C15H19F3O3/c1-14(6-3-7-15(16,17)18)9-12(19)11-8-10(20-2)4-5-13(11)21-14/h4-5,8,12,19H,3,6-7,9H2,1-2H3. The molecule has 0 radical (unpaired) electrons. The van der Waals surface area contributed by atoms with Crippen molar-refractivity contribution in [1.29, 1.82) is 0 Å². The molecule has 1 aromatic rings. The van der Waals surface area contributed by atoms with Gasteiger partial charge in [0.2, 0.25) is 0 Å². The molecule has 0 aromatic heterocycles. The maximum absolute atomic E-state index is 12.2. The van der Waals surface area contributed by atoms with Gasteiger partial charge in [-0.1, -0.05) is 0 Å². The van der Waals surface area contributed by atoms with Gasteiger partial charge in [0.05, 0.1) is 13.2 Å². The predicted molar refractivity (Wildman–Crippen MR) is 71.5 cm³/mol. The van der Waals surface area contributed by atoms with Crippen molar-refractivity contribution in [2.45, 2.75) is 50.5 Å². The summed E-state index contributed by atoms with van der Waals surface area (Å²) < 4.78 is 47.6. The lowest BCUT2D eigenvalue weighted by molar-refractivity contribution is -0.138. The lowest BCUT2D eigenvalue weighted by atomic mass is 9.86. The number of methoxy groups -OCH3 is 1. The zero-order chi connectivity index (χ0) is 15.7. The average molecular weight is 304 g/mol. The Labute approximate surface area is 121 Å². The molecule has 1 aromatic carbocycles. The largest absolute Gasteiger partial charge is 0.497 e. The fourth-order valence-electron chi connectivity index (χ4n) is 2.65. The van der Waals surface area contributed by atoms with Gasteiger partial charge in [-0.25, -0.2) is 0 Å². The van der Waals surface area contributed by atoms with Gasteiger partial charge in [0.15, 0.2) is 0 Å². The quantitative estimate of drug-likeness (QED) is 0.913. The summed E-state index contributed by atoms with van der Waals surface area (Å²) in [7, 11) is 1.53. The van der Waals surface area contributed by atoms with E-state index in [-0.39, 0.29) is 19.3 Å². The van der Waals surface area contributed by atoms with E-state index in [4.69, 9.17) is 9.47 Å². The summed E-state index contributed by atoms with van der Waals surface area (Å²) in [6.07, 6.45) is -5.26. The molecule has 0 bridgehead atoms. The van der Waals surface area contributed by atoms with Crippen LogP contribution in [0.4, 0.5) is 13.2 Å². The molecule has 118 valence electrons. The first kappa shape index (κ1) is 15.9. The third-order valence-corrected chi connectivity index (χ3v) is 3.72. The van der Waals surface area contributed by atoms with Crippen molar-refractivity contribution < 1.29 is 27.8 Å². The van der Waals surface area contributed by atoms with Gasteiger partial charge in [-0.05, 0) is 38.0 Å². The van der Waals surface area contributed by atoms with Crippen LogP contribution in [0.15, 0.2) is 18.2 Å². The Hall–Kier alpha value is -1.43. The van der Waals surface area contributed by atoms with Crippen LogP contribution in [0.3, 0.4) is 0 Å². The summed E-state index contributed by atoms with van der Waals surface area (Å²) in [5.74, 6) is 1.11. The highest BCUT2D eigenvalue weighted by Crippen LogP contribution is 2.43. The number of ether oxygens (including phenoxy) is 2. The number of fused-ring (bicyclic) bond motifs is 1. The van der Waals surface area contributed by atoms with Crippen molar-refractivity contribution in [3.8, 4) is 11.5 Å². The van der Waals surface area contributed by atoms with E-state index in [0.717, 1.165) is 0 Å². The number of hydrogen-bond donors (Lipinski definition) is 1. The lowest BCUT2D eigenvalue weighted by Crippen LogP contribution is -2.38. The van der Waals surface area contributed by atoms with Crippen LogP contribution in [0, 0.1) is 0 Å². The minimum absolute atomic E-state index is 0.0157. The minimum atomic E-state index is -4.16. The molecule has 1 aliphatic rings. The van der Waals surface area contributed by atoms with Gasteiger partial charge in [0, 0.05) is 18.4 Å². The highest BCUT2D eigenvalue weighted by Gasteiger charge is 2.37. The number of benzene rings is 1. The zero-order valence-electron chi connectivity index (χ0n) is 12.0. The molecule has 3 nitrogen and oxygen atoms in total. The summed E-state index contributed by atoms with van der Waals surface area (Å²) in [5, 5.41) is 10.2. The van der Waals surface area contributed by atoms with E-state index < -0.39 is 24.3 Å². The molecule has 1 aliphatic heterocycles. The van der Waals surface area contributed by atoms with Gasteiger partial charge in [-0.2, -0.15) is 13.2 Å². The molecule has 1 heterocycles. The normalized spacial score (nSPS) is 25.1. The van der Waals surface area contributed by atoms with Gasteiger partial charge < -0.3 is 14.6 Å². The van der Waals surface area contributed by atoms with Crippen molar-refractivity contribution in [3.05, 3.63) is 23.8 Å². The highest BCUT2D eigenvalue weighted by atomic mass is 19.4. The van der Waals surface area contributed by atoms with Crippen molar-refractivity contribution in [2.75, 3.05) is 7.11 Å². The molecular weight excluding hydrogens is 285 g/mol. The molecule has 21 heavy (non-hydrogen) atoms. The molecule has 0 fully saturated rings. The summed E-state index contributed by atoms with van der Waals surface area (Å²) in [4.78, 5) is 0. The van der Waals surface area contributed by atoms with E-state index in [2.05, 4.69) is 0 Å². The molecule has 0 aliphatic carbocycles. The van der Waals surface area contributed by atoms with E-state index in [9.17, 15) is 18.3 Å². The molecular formula is C15H19F3O3. The van der Waals surface area contributed by atoms with E-state index in [1.807, 2.05) is 0 Å². The second-order valence-corrected chi connectivity index (χ2v) is 5.64. The Morgan fingerprint density at radius 1 is 1.43 bits per heavy atom. The monoisotopic (exact) mass is 304 g/mol. The third kappa shape index (κ3) is 4.03. The summed E-state index contributed by atoms with van der Waals surface area (Å²) >= 11 is 0. The molecule has 0 amide bonds. The number of aliphatic hydroxyl groups excluding tert-OH is 1. The Morgan fingerprint density at radius 2 is 2.14 bits per heavy atom. The van der Waals surface area contributed by atoms with Gasteiger partial charge >= 0.3 is 6.18 Å². The number of rotatable bonds is 4. The van der Waals surface area contributed by atoms with Gasteiger partial charge in [-0.15, -0.1) is 0 Å². The number of halogens is 3. The minimum Gasteiger partial charge on any atom is -0.497 e. The molecule has 2 rings (SSSR count). The Balaban J connectivity index is 2.08. The molecule has 0 saturated carbocycles. The molecule has 6 heteroatoms. The lowest BCUT2D eigenvalue weighted by Gasteiger charge is -2.38. The van der Waals surface area contributed by atoms with Crippen LogP contribution in [0.2, 0.25) is 0 Å². The van der Waals surface area contributed by atoms with Gasteiger partial charge in [-0.3, -0.25) is 0 Å². The smallest absolute Gasteiger partial charge is 0.389 e. The summed E-state index contributed by atoms with van der Waals surface area (Å²) in [6.45, 7) is 1.74. The van der Waals surface area contributed by atoms with E-state index in [0.29, 0.717) is 17.1 Å². The average Bonchev–Trinajstić information content (AvgIpc) is 2.36. The fraction of sp³-hybridized carbons (Fsp3) is 0.600. The second kappa shape index (κ2) is 5.75. The van der Waals surface area contributed by atoms with E-state index in [1.165, 1.54) is 7.11 Å². The SMILES string of the molecule is COc1ccc2c(c1)C(O)CC(C)(CCCC(F)(F)F)O2. The summed E-state index contributed by atoms with van der Waals surface area (Å²) in [6, 6.07) is 5.07. The van der Waals surface area contributed by atoms with Crippen LogP contribution < -0.4 is 9.47 Å². The van der Waals surface area contributed by atoms with Crippen molar-refractivity contribution >= 4 is 0 Å². The fourth-order valence-corrected chi connectivity index (χ4v) is 2.65. The Kier molecular flexibility index (Phi) is 4.37. The maximum atomic E-state index is 12.2. The first-order valence-corrected chi connectivity index (χ1v) is 6.84. The zero-order valence-corrected chi connectivity index (χ0v) is 12.0. The van der Waals surface area contributed by atoms with Crippen molar-refractivity contribution in [3.63, 3.8) is 0 Å². The van der Waals surface area contributed by atoms with Crippen LogP contribution in [-0.4, -0.2) is 24.0 Å². The number of alkyl halides is 3. The van der Waals surface area contributed by atoms with Crippen LogP contribution in [0.1, 0.15) is 44.3 Å². The molecule has 2 unspecified atom stereocenters. The van der Waals surface area contributed by atoms with Crippen LogP contribution in [-0.2, 0) is 0 Å². The van der Waals surface area contributed by atoms with Crippen molar-refractivity contribution in [1.82, 2.24) is 0 Å². The van der Waals surface area contributed by atoms with Crippen molar-refractivity contribution in [2.24, 2.45) is 0 Å². The molecule has 0 saturated heterocycles. The Bertz CT molecular complexity index is 501. The molecule has 1 N–H and O–H groups in total. The first-order valence-electron chi connectivity index (χ1n) is 6.84. The predicted octanol–water partition coefficient (Wildman–Crippen LogP) is 4.00. The van der Waals surface area contributed by atoms with Gasteiger partial charge in [0.1, 0.15) is 17.1 Å². The number of aliphatic hydroxyl groups is 1. The van der Waals surface area contributed by atoms with E-state index >= 15 is 0 Å². The summed E-state index contributed by atoms with van der Waals surface area (Å²) in [5.41, 5.74) is -0.172. The van der Waals surface area contributed by atoms with Gasteiger partial charge in [0.25, 0.3) is 0 Å². The third-order valence-electron chi connectivity index (χ3n) is 3.72. The Morgan fingerprint density at radius 3 is 2.76 bits per heavy atom. The number of hydrogen-bond acceptors (Lipinski definition) is 3.